The molecule has 0 radical (unpaired) electrons. The molecule has 2 aromatic rings. The van der Waals surface area contributed by atoms with Crippen molar-refractivity contribution in [2.75, 3.05) is 5.32 Å². The lowest BCUT2D eigenvalue weighted by atomic mass is 10.2. The fraction of sp³-hybridized carbons (Fsp3) is 0.0769. The van der Waals surface area contributed by atoms with Gasteiger partial charge in [-0.3, -0.25) is 4.79 Å². The highest BCUT2D eigenvalue weighted by molar-refractivity contribution is 6.30. The van der Waals surface area contributed by atoms with E-state index in [1.807, 2.05) is 0 Å². The topological polar surface area (TPSA) is 56.0 Å². The molecule has 0 fully saturated rings. The number of anilines is 1. The number of nitrogens with zero attached hydrogens (tertiary/aromatic N) is 1. The molecule has 0 spiro atoms. The monoisotopic (exact) mass is 262 g/mol. The van der Waals surface area contributed by atoms with Gasteiger partial charge >= 0.3 is 5.91 Å². The highest BCUT2D eigenvalue weighted by atomic mass is 35.5. The zero-order chi connectivity index (χ0) is 13.1. The van der Waals surface area contributed by atoms with E-state index in [0.717, 1.165) is 0 Å². The maximum absolute atomic E-state index is 11.9. The number of aromatic nitrogens is 1. The number of halogens is 1. The summed E-state index contributed by atoms with van der Waals surface area (Å²) < 4.78 is 0.602. The first-order chi connectivity index (χ1) is 8.58. The fourth-order valence-electron chi connectivity index (χ4n) is 1.50. The van der Waals surface area contributed by atoms with Crippen molar-refractivity contribution in [1.29, 1.82) is 0 Å². The molecule has 1 heterocycles. The predicted octanol–water partition coefficient (Wildman–Crippen LogP) is 2.53. The predicted molar refractivity (Wildman–Crippen MR) is 69.5 cm³/mol. The van der Waals surface area contributed by atoms with E-state index in [2.05, 4.69) is 5.32 Å². The number of aryl methyl sites for hydroxylation is 1. The van der Waals surface area contributed by atoms with Crippen molar-refractivity contribution < 1.29 is 9.52 Å². The van der Waals surface area contributed by atoms with Crippen molar-refractivity contribution in [3.05, 3.63) is 64.1 Å². The second kappa shape index (κ2) is 5.06. The molecule has 1 aromatic carbocycles. The number of carbonyl (C=O) groups is 1. The molecular formula is C13H11ClN2O2. The van der Waals surface area contributed by atoms with Gasteiger partial charge in [0.25, 0.3) is 5.69 Å². The van der Waals surface area contributed by atoms with Crippen LogP contribution in [-0.2, 0) is 0 Å². The lowest BCUT2D eigenvalue weighted by molar-refractivity contribution is -0.614. The fourth-order valence-corrected chi connectivity index (χ4v) is 1.63. The molecule has 4 nitrogen and oxygen atoms in total. The molecular weight excluding hydrogens is 252 g/mol. The number of rotatable bonds is 2. The first-order valence-corrected chi connectivity index (χ1v) is 5.72. The zero-order valence-corrected chi connectivity index (χ0v) is 10.4. The number of amides is 1. The van der Waals surface area contributed by atoms with Gasteiger partial charge in [0.2, 0.25) is 0 Å². The van der Waals surface area contributed by atoms with E-state index in [-0.39, 0.29) is 5.69 Å². The van der Waals surface area contributed by atoms with Gasteiger partial charge in [-0.1, -0.05) is 11.6 Å². The molecule has 0 aliphatic carbocycles. The zero-order valence-electron chi connectivity index (χ0n) is 9.68. The SMILES string of the molecule is Cc1cccc(C(=O)Nc2ccc(Cl)cc2)[n+]1[O-]. The molecule has 0 saturated carbocycles. The van der Waals surface area contributed by atoms with E-state index >= 15 is 0 Å². The van der Waals surface area contributed by atoms with Crippen molar-refractivity contribution in [3.8, 4) is 0 Å². The van der Waals surface area contributed by atoms with Crippen molar-refractivity contribution in [3.63, 3.8) is 0 Å². The Morgan fingerprint density at radius 1 is 1.22 bits per heavy atom. The molecule has 2 rings (SSSR count). The third kappa shape index (κ3) is 2.60. The first-order valence-electron chi connectivity index (χ1n) is 5.34. The highest BCUT2D eigenvalue weighted by Crippen LogP contribution is 2.13. The van der Waals surface area contributed by atoms with Gasteiger partial charge in [-0.15, -0.1) is 0 Å². The average Bonchev–Trinajstić information content (AvgIpc) is 2.35. The Morgan fingerprint density at radius 2 is 1.89 bits per heavy atom. The largest absolute Gasteiger partial charge is 0.618 e. The van der Waals surface area contributed by atoms with Crippen molar-refractivity contribution in [1.82, 2.24) is 0 Å². The number of benzene rings is 1. The third-order valence-corrected chi connectivity index (χ3v) is 2.72. The van der Waals surface area contributed by atoms with Crippen LogP contribution >= 0.6 is 11.6 Å². The van der Waals surface area contributed by atoms with Crippen LogP contribution in [0.4, 0.5) is 5.69 Å². The van der Waals surface area contributed by atoms with Crippen molar-refractivity contribution in [2.45, 2.75) is 6.92 Å². The second-order valence-electron chi connectivity index (χ2n) is 3.81. The second-order valence-corrected chi connectivity index (χ2v) is 4.24. The van der Waals surface area contributed by atoms with Crippen LogP contribution in [0.2, 0.25) is 5.02 Å². The first kappa shape index (κ1) is 12.4. The third-order valence-electron chi connectivity index (χ3n) is 2.47. The molecule has 0 unspecified atom stereocenters. The molecule has 0 aliphatic rings. The Labute approximate surface area is 109 Å². The van der Waals surface area contributed by atoms with E-state index in [1.165, 1.54) is 6.07 Å². The minimum atomic E-state index is -0.448. The molecule has 18 heavy (non-hydrogen) atoms. The lowest BCUT2D eigenvalue weighted by Crippen LogP contribution is -2.39. The highest BCUT2D eigenvalue weighted by Gasteiger charge is 2.16. The maximum Gasteiger partial charge on any atom is 0.321 e. The number of nitrogens with one attached hydrogen (secondary N) is 1. The smallest absolute Gasteiger partial charge is 0.321 e. The van der Waals surface area contributed by atoms with Crippen LogP contribution in [-0.4, -0.2) is 5.91 Å². The van der Waals surface area contributed by atoms with Gasteiger partial charge in [0, 0.05) is 29.8 Å². The number of hydrogen-bond acceptors (Lipinski definition) is 2. The van der Waals surface area contributed by atoms with Crippen molar-refractivity contribution in [2.24, 2.45) is 0 Å². The molecule has 1 aromatic heterocycles. The van der Waals surface area contributed by atoms with Gasteiger partial charge in [-0.05, 0) is 30.3 Å². The van der Waals surface area contributed by atoms with Crippen LogP contribution < -0.4 is 10.0 Å². The van der Waals surface area contributed by atoms with Gasteiger partial charge in [-0.25, -0.2) is 0 Å². The van der Waals surface area contributed by atoms with Crippen LogP contribution in [0, 0.1) is 12.1 Å². The number of carbonyl (C=O) groups excluding carboxylic acids is 1. The van der Waals surface area contributed by atoms with Gasteiger partial charge in [0.15, 0.2) is 5.69 Å². The summed E-state index contributed by atoms with van der Waals surface area (Å²) in [7, 11) is 0. The summed E-state index contributed by atoms with van der Waals surface area (Å²) in [6.45, 7) is 1.64. The Kier molecular flexibility index (Phi) is 3.48. The van der Waals surface area contributed by atoms with Gasteiger partial charge in [-0.2, -0.15) is 4.73 Å². The molecule has 92 valence electrons. The minimum Gasteiger partial charge on any atom is -0.618 e. The van der Waals surface area contributed by atoms with Crippen LogP contribution in [0.15, 0.2) is 42.5 Å². The van der Waals surface area contributed by atoms with Gasteiger partial charge in [0.05, 0.1) is 0 Å². The molecule has 0 aliphatic heterocycles. The Bertz CT molecular complexity index is 582. The normalized spacial score (nSPS) is 10.1. The molecule has 1 amide bonds. The summed E-state index contributed by atoms with van der Waals surface area (Å²) in [6.07, 6.45) is 0. The molecule has 0 bridgehead atoms. The van der Waals surface area contributed by atoms with E-state index in [9.17, 15) is 10.0 Å². The summed E-state index contributed by atoms with van der Waals surface area (Å²) in [5, 5.41) is 14.9. The quantitative estimate of drug-likeness (QED) is 0.668. The Balaban J connectivity index is 2.22. The minimum absolute atomic E-state index is 0.0601. The van der Waals surface area contributed by atoms with Gasteiger partial charge < -0.3 is 10.5 Å². The van der Waals surface area contributed by atoms with Crippen molar-refractivity contribution >= 4 is 23.2 Å². The van der Waals surface area contributed by atoms with E-state index in [1.54, 1.807) is 43.3 Å². The molecule has 0 atom stereocenters. The molecule has 5 heteroatoms. The van der Waals surface area contributed by atoms with Gasteiger partial charge in [0.1, 0.15) is 0 Å². The maximum atomic E-state index is 11.9. The van der Waals surface area contributed by atoms with Crippen LogP contribution in [0.3, 0.4) is 0 Å². The van der Waals surface area contributed by atoms with E-state index in [4.69, 9.17) is 11.6 Å². The lowest BCUT2D eigenvalue weighted by Gasteiger charge is -2.07. The standard InChI is InChI=1S/C13H11ClN2O2/c1-9-3-2-4-12(16(9)18)13(17)15-11-7-5-10(14)6-8-11/h2-8H,1H3,(H,15,17). The van der Waals surface area contributed by atoms with E-state index in [0.29, 0.717) is 21.1 Å². The molecule has 1 N–H and O–H groups in total. The summed E-state index contributed by atoms with van der Waals surface area (Å²) >= 11 is 5.74. The molecule has 0 saturated heterocycles. The summed E-state index contributed by atoms with van der Waals surface area (Å²) in [6, 6.07) is 11.5. The Hall–Kier alpha value is -2.07. The van der Waals surface area contributed by atoms with E-state index < -0.39 is 5.91 Å². The summed E-state index contributed by atoms with van der Waals surface area (Å²) in [5.74, 6) is -0.448. The number of hydrogen-bond donors (Lipinski definition) is 1. The Morgan fingerprint density at radius 3 is 2.56 bits per heavy atom. The van der Waals surface area contributed by atoms with Crippen LogP contribution in [0.25, 0.3) is 0 Å². The summed E-state index contributed by atoms with van der Waals surface area (Å²) in [4.78, 5) is 11.9. The number of pyridine rings is 1. The van der Waals surface area contributed by atoms with Crippen LogP contribution in [0.5, 0.6) is 0 Å². The van der Waals surface area contributed by atoms with Crippen LogP contribution in [0.1, 0.15) is 16.2 Å². The average molecular weight is 263 g/mol. The summed E-state index contributed by atoms with van der Waals surface area (Å²) in [5.41, 5.74) is 1.12.